The second-order valence-electron chi connectivity index (χ2n) is 7.98. The number of carboxylic acids is 1. The molecule has 1 saturated heterocycles. The maximum atomic E-state index is 13.3. The van der Waals surface area contributed by atoms with E-state index in [2.05, 4.69) is 4.99 Å². The van der Waals surface area contributed by atoms with Gasteiger partial charge in [0, 0.05) is 12.7 Å². The van der Waals surface area contributed by atoms with Crippen LogP contribution in [0.1, 0.15) is 21.5 Å². The number of carbonyl (C=O) groups excluding carboxylic acids is 1. The van der Waals surface area contributed by atoms with E-state index in [1.165, 1.54) is 11.8 Å². The molecule has 1 heterocycles. The number of benzene rings is 3. The number of hydrogen-bond acceptors (Lipinski definition) is 7. The molecule has 0 bridgehead atoms. The molecule has 1 fully saturated rings. The first-order valence-corrected chi connectivity index (χ1v) is 12.3. The molecular formula is C28H26N2O6S. The summed E-state index contributed by atoms with van der Waals surface area (Å²) in [5, 5.41) is 9.64. The van der Waals surface area contributed by atoms with Crippen LogP contribution >= 0.6 is 11.8 Å². The Morgan fingerprint density at radius 2 is 1.76 bits per heavy atom. The number of thioether (sulfide) groups is 1. The van der Waals surface area contributed by atoms with Crippen LogP contribution in [0.15, 0.2) is 82.7 Å². The van der Waals surface area contributed by atoms with Gasteiger partial charge < -0.3 is 19.3 Å². The fourth-order valence-electron chi connectivity index (χ4n) is 3.52. The van der Waals surface area contributed by atoms with E-state index >= 15 is 0 Å². The molecular weight excluding hydrogens is 492 g/mol. The van der Waals surface area contributed by atoms with E-state index in [-0.39, 0.29) is 18.1 Å². The van der Waals surface area contributed by atoms with Crippen molar-refractivity contribution in [3.05, 3.63) is 94.4 Å². The van der Waals surface area contributed by atoms with Crippen LogP contribution in [0.3, 0.4) is 0 Å². The number of hydrogen-bond donors (Lipinski definition) is 1. The summed E-state index contributed by atoms with van der Waals surface area (Å²) < 4.78 is 16.4. The molecule has 9 heteroatoms. The summed E-state index contributed by atoms with van der Waals surface area (Å²) in [6, 6.07) is 21.3. The first kappa shape index (κ1) is 26.0. The molecule has 1 amide bonds. The van der Waals surface area contributed by atoms with Gasteiger partial charge >= 0.3 is 5.97 Å². The maximum absolute atomic E-state index is 13.3. The third kappa shape index (κ3) is 6.58. The van der Waals surface area contributed by atoms with Gasteiger partial charge in [0.25, 0.3) is 5.91 Å². The lowest BCUT2D eigenvalue weighted by molar-refractivity contribution is -0.122. The van der Waals surface area contributed by atoms with Gasteiger partial charge in [-0.05, 0) is 65.9 Å². The molecule has 0 saturated carbocycles. The minimum Gasteiger partial charge on any atom is -0.497 e. The Labute approximate surface area is 219 Å². The first-order valence-electron chi connectivity index (χ1n) is 11.5. The Balaban J connectivity index is 1.56. The SMILES string of the molecule is COCCN1C(=O)/C(=C/c2ccccc2OCc2ccc(C(=O)O)cc2)SC1=Nc1ccc(OC)cc1. The Kier molecular flexibility index (Phi) is 8.60. The summed E-state index contributed by atoms with van der Waals surface area (Å²) in [6.07, 6.45) is 1.80. The molecule has 0 unspecified atom stereocenters. The van der Waals surface area contributed by atoms with Crippen molar-refractivity contribution >= 4 is 40.6 Å². The minimum atomic E-state index is -0.974. The van der Waals surface area contributed by atoms with Crippen LogP contribution < -0.4 is 9.47 Å². The zero-order valence-electron chi connectivity index (χ0n) is 20.4. The highest BCUT2D eigenvalue weighted by atomic mass is 32.2. The van der Waals surface area contributed by atoms with Crippen LogP contribution in [0, 0.1) is 0 Å². The van der Waals surface area contributed by atoms with Gasteiger partial charge in [-0.1, -0.05) is 30.3 Å². The molecule has 3 aromatic rings. The van der Waals surface area contributed by atoms with Crippen molar-refractivity contribution in [2.45, 2.75) is 6.61 Å². The molecule has 1 N–H and O–H groups in total. The van der Waals surface area contributed by atoms with Gasteiger partial charge in [-0.25, -0.2) is 9.79 Å². The molecule has 1 aliphatic heterocycles. The number of nitrogens with zero attached hydrogens (tertiary/aromatic N) is 2. The second kappa shape index (κ2) is 12.2. The third-order valence-corrected chi connectivity index (χ3v) is 6.51. The van der Waals surface area contributed by atoms with Gasteiger partial charge in [-0.2, -0.15) is 0 Å². The zero-order chi connectivity index (χ0) is 26.2. The van der Waals surface area contributed by atoms with Crippen molar-refractivity contribution in [3.63, 3.8) is 0 Å². The molecule has 1 aliphatic rings. The maximum Gasteiger partial charge on any atom is 0.335 e. The third-order valence-electron chi connectivity index (χ3n) is 5.51. The molecule has 0 aliphatic carbocycles. The van der Waals surface area contributed by atoms with Gasteiger partial charge in [0.2, 0.25) is 0 Å². The van der Waals surface area contributed by atoms with Crippen molar-refractivity contribution in [1.82, 2.24) is 4.90 Å². The van der Waals surface area contributed by atoms with E-state index in [4.69, 9.17) is 19.3 Å². The number of ether oxygens (including phenoxy) is 3. The average Bonchev–Trinajstić information content (AvgIpc) is 3.20. The average molecular weight is 519 g/mol. The van der Waals surface area contributed by atoms with E-state index in [9.17, 15) is 9.59 Å². The Hall–Kier alpha value is -4.08. The normalized spacial score (nSPS) is 15.4. The molecule has 37 heavy (non-hydrogen) atoms. The molecule has 3 aromatic carbocycles. The van der Waals surface area contributed by atoms with Gasteiger partial charge in [0.1, 0.15) is 18.1 Å². The summed E-state index contributed by atoms with van der Waals surface area (Å²) in [4.78, 5) is 31.2. The highest BCUT2D eigenvalue weighted by Gasteiger charge is 2.33. The summed E-state index contributed by atoms with van der Waals surface area (Å²) in [5.74, 6) is 0.200. The fraction of sp³-hybridized carbons (Fsp3) is 0.179. The van der Waals surface area contributed by atoms with Gasteiger partial charge in [0.05, 0.1) is 36.4 Å². The summed E-state index contributed by atoms with van der Waals surface area (Å²) in [7, 11) is 3.19. The van der Waals surface area contributed by atoms with E-state index in [1.54, 1.807) is 49.5 Å². The lowest BCUT2D eigenvalue weighted by Crippen LogP contribution is -2.32. The van der Waals surface area contributed by atoms with Crippen LogP contribution in [-0.2, 0) is 16.1 Å². The largest absolute Gasteiger partial charge is 0.497 e. The number of carboxylic acid groups (broad SMARTS) is 1. The summed E-state index contributed by atoms with van der Waals surface area (Å²) >= 11 is 1.29. The van der Waals surface area contributed by atoms with Gasteiger partial charge in [-0.15, -0.1) is 0 Å². The summed E-state index contributed by atoms with van der Waals surface area (Å²) in [5.41, 5.74) is 2.50. The topological polar surface area (TPSA) is 97.7 Å². The smallest absolute Gasteiger partial charge is 0.335 e. The number of methoxy groups -OCH3 is 2. The lowest BCUT2D eigenvalue weighted by Gasteiger charge is -2.14. The fourth-order valence-corrected chi connectivity index (χ4v) is 4.53. The van der Waals surface area contributed by atoms with Crippen molar-refractivity contribution in [2.24, 2.45) is 4.99 Å². The number of aliphatic imine (C=N–C) groups is 1. The number of amides is 1. The van der Waals surface area contributed by atoms with Crippen molar-refractivity contribution in [3.8, 4) is 11.5 Å². The molecule has 0 radical (unpaired) electrons. The predicted molar refractivity (Wildman–Crippen MR) is 143 cm³/mol. The van der Waals surface area contributed by atoms with Crippen LogP contribution in [-0.4, -0.2) is 54.4 Å². The first-order chi connectivity index (χ1) is 18.0. The van der Waals surface area contributed by atoms with Crippen molar-refractivity contribution in [2.75, 3.05) is 27.4 Å². The molecule has 0 spiro atoms. The highest BCUT2D eigenvalue weighted by molar-refractivity contribution is 8.18. The molecule has 4 rings (SSSR count). The van der Waals surface area contributed by atoms with Gasteiger partial charge in [-0.3, -0.25) is 9.69 Å². The number of para-hydroxylation sites is 1. The van der Waals surface area contributed by atoms with Crippen molar-refractivity contribution in [1.29, 1.82) is 0 Å². The van der Waals surface area contributed by atoms with Gasteiger partial charge in [0.15, 0.2) is 5.17 Å². The van der Waals surface area contributed by atoms with Crippen LogP contribution in [0.4, 0.5) is 5.69 Å². The van der Waals surface area contributed by atoms with E-state index in [1.807, 2.05) is 48.5 Å². The van der Waals surface area contributed by atoms with E-state index in [0.29, 0.717) is 34.7 Å². The quantitative estimate of drug-likeness (QED) is 0.367. The highest BCUT2D eigenvalue weighted by Crippen LogP contribution is 2.35. The zero-order valence-corrected chi connectivity index (χ0v) is 21.2. The number of amidine groups is 1. The number of rotatable bonds is 10. The number of carbonyl (C=O) groups is 2. The molecule has 190 valence electrons. The standard InChI is InChI=1S/C28H26N2O6S/c1-34-16-15-30-26(31)25(37-28(30)29-22-11-13-23(35-2)14-12-22)17-21-5-3-4-6-24(21)36-18-19-7-9-20(10-8-19)27(32)33/h3-14,17H,15-16,18H2,1-2H3,(H,32,33)/b25-17-,29-28?. The summed E-state index contributed by atoms with van der Waals surface area (Å²) in [6.45, 7) is 1.01. The van der Waals surface area contributed by atoms with Crippen molar-refractivity contribution < 1.29 is 28.9 Å². The lowest BCUT2D eigenvalue weighted by atomic mass is 10.1. The van der Waals surface area contributed by atoms with Crippen LogP contribution in [0.5, 0.6) is 11.5 Å². The monoisotopic (exact) mass is 518 g/mol. The Morgan fingerprint density at radius 1 is 1.03 bits per heavy atom. The Morgan fingerprint density at radius 3 is 2.43 bits per heavy atom. The number of aromatic carboxylic acids is 1. The van der Waals surface area contributed by atoms with E-state index in [0.717, 1.165) is 16.9 Å². The molecule has 0 aromatic heterocycles. The molecule has 8 nitrogen and oxygen atoms in total. The predicted octanol–water partition coefficient (Wildman–Crippen LogP) is 5.22. The van der Waals surface area contributed by atoms with E-state index < -0.39 is 5.97 Å². The minimum absolute atomic E-state index is 0.159. The van der Waals surface area contributed by atoms with Crippen LogP contribution in [0.2, 0.25) is 0 Å². The second-order valence-corrected chi connectivity index (χ2v) is 8.99. The molecule has 0 atom stereocenters. The Bertz CT molecular complexity index is 1320. The van der Waals surface area contributed by atoms with Crippen LogP contribution in [0.25, 0.3) is 6.08 Å².